The second kappa shape index (κ2) is 4.69. The lowest BCUT2D eigenvalue weighted by atomic mass is 9.47. The van der Waals surface area contributed by atoms with Gasteiger partial charge in [0.15, 0.2) is 0 Å². The van der Waals surface area contributed by atoms with E-state index in [1.54, 1.807) is 24.3 Å². The van der Waals surface area contributed by atoms with Crippen LogP contribution in [0.3, 0.4) is 0 Å². The van der Waals surface area contributed by atoms with E-state index in [1.807, 2.05) is 0 Å². The molecule has 1 unspecified atom stereocenters. The average Bonchev–Trinajstić information content (AvgIpc) is 2.80. The van der Waals surface area contributed by atoms with Crippen LogP contribution in [0.15, 0.2) is 24.3 Å². The minimum Gasteiger partial charge on any atom is -0.269 e. The summed E-state index contributed by atoms with van der Waals surface area (Å²) in [5.41, 5.74) is 0.733. The molecule has 5 aliphatic rings. The molecule has 122 valence electrons. The minimum absolute atomic E-state index is 0.170. The molecule has 0 N–H and O–H groups in total. The molecule has 4 heteroatoms. The Morgan fingerprint density at radius 3 is 1.83 bits per heavy atom. The Kier molecular flexibility index (Phi) is 2.78. The van der Waals surface area contributed by atoms with Gasteiger partial charge < -0.3 is 0 Å². The van der Waals surface area contributed by atoms with Crippen molar-refractivity contribution in [3.05, 3.63) is 35.4 Å². The average molecular weight is 320 g/mol. The van der Waals surface area contributed by atoms with Crippen LogP contribution >= 0.6 is 0 Å². The summed E-state index contributed by atoms with van der Waals surface area (Å²) in [6.45, 7) is 0. The van der Waals surface area contributed by atoms with Gasteiger partial charge in [0.05, 0.1) is 17.2 Å². The second-order valence-electron chi connectivity index (χ2n) is 8.34. The molecule has 6 rings (SSSR count). The van der Waals surface area contributed by atoms with Gasteiger partial charge in [-0.2, -0.15) is 5.26 Å². The van der Waals surface area contributed by atoms with Gasteiger partial charge in [0.1, 0.15) is 6.04 Å². The van der Waals surface area contributed by atoms with Crippen molar-refractivity contribution in [2.24, 2.45) is 23.2 Å². The van der Waals surface area contributed by atoms with E-state index in [0.29, 0.717) is 28.9 Å². The quantitative estimate of drug-likeness (QED) is 0.785. The van der Waals surface area contributed by atoms with Crippen molar-refractivity contribution in [2.75, 3.05) is 0 Å². The molecule has 2 amide bonds. The zero-order valence-corrected chi connectivity index (χ0v) is 13.6. The van der Waals surface area contributed by atoms with Gasteiger partial charge in [0, 0.05) is 5.41 Å². The number of imide groups is 1. The molecule has 1 aliphatic heterocycles. The van der Waals surface area contributed by atoms with Gasteiger partial charge in [-0.25, -0.2) is 0 Å². The summed E-state index contributed by atoms with van der Waals surface area (Å²) < 4.78 is 0. The Hall–Kier alpha value is -2.15. The van der Waals surface area contributed by atoms with Gasteiger partial charge in [-0.3, -0.25) is 14.5 Å². The summed E-state index contributed by atoms with van der Waals surface area (Å²) in [4.78, 5) is 27.0. The summed E-state index contributed by atoms with van der Waals surface area (Å²) in [6, 6.07) is 8.72. The first kappa shape index (κ1) is 14.2. The SMILES string of the molecule is N#CC(N1C(=O)c2ccccc2C1=O)C12CC3CC(CC(C3)C1)C2. The number of hydrogen-bond donors (Lipinski definition) is 0. The van der Waals surface area contributed by atoms with E-state index in [1.165, 1.54) is 24.2 Å². The minimum atomic E-state index is -0.613. The number of nitrogens with zero attached hydrogens (tertiary/aromatic N) is 2. The summed E-state index contributed by atoms with van der Waals surface area (Å²) in [5.74, 6) is 1.49. The summed E-state index contributed by atoms with van der Waals surface area (Å²) in [5, 5.41) is 9.96. The summed E-state index contributed by atoms with van der Waals surface area (Å²) in [6.07, 6.45) is 6.85. The molecule has 0 radical (unpaired) electrons. The molecule has 0 saturated heterocycles. The van der Waals surface area contributed by atoms with Crippen molar-refractivity contribution >= 4 is 11.8 Å². The highest BCUT2D eigenvalue weighted by Gasteiger charge is 2.58. The van der Waals surface area contributed by atoms with Crippen molar-refractivity contribution in [1.29, 1.82) is 5.26 Å². The fourth-order valence-electron chi connectivity index (χ4n) is 6.42. The molecule has 1 aromatic rings. The molecule has 4 nitrogen and oxygen atoms in total. The summed E-state index contributed by atoms with van der Waals surface area (Å²) in [7, 11) is 0. The van der Waals surface area contributed by atoms with Gasteiger partial charge in [0.25, 0.3) is 11.8 Å². The van der Waals surface area contributed by atoms with Crippen molar-refractivity contribution in [2.45, 2.75) is 44.6 Å². The van der Waals surface area contributed by atoms with E-state index in [9.17, 15) is 14.9 Å². The fourth-order valence-corrected chi connectivity index (χ4v) is 6.42. The lowest BCUT2D eigenvalue weighted by Gasteiger charge is -2.58. The normalized spacial score (nSPS) is 37.5. The topological polar surface area (TPSA) is 61.2 Å². The highest BCUT2D eigenvalue weighted by molar-refractivity contribution is 6.21. The number of carbonyl (C=O) groups is 2. The van der Waals surface area contributed by atoms with E-state index < -0.39 is 6.04 Å². The number of nitriles is 1. The highest BCUT2D eigenvalue weighted by Crippen LogP contribution is 2.62. The van der Waals surface area contributed by atoms with Gasteiger partial charge in [-0.05, 0) is 68.4 Å². The number of benzene rings is 1. The van der Waals surface area contributed by atoms with E-state index >= 15 is 0 Å². The molecule has 24 heavy (non-hydrogen) atoms. The Balaban J connectivity index is 1.55. The van der Waals surface area contributed by atoms with Gasteiger partial charge in [-0.15, -0.1) is 0 Å². The number of rotatable bonds is 2. The fraction of sp³-hybridized carbons (Fsp3) is 0.550. The molecule has 0 aromatic heterocycles. The number of fused-ring (bicyclic) bond motifs is 1. The molecule has 4 saturated carbocycles. The molecule has 4 bridgehead atoms. The van der Waals surface area contributed by atoms with Crippen LogP contribution in [0, 0.1) is 34.5 Å². The molecular weight excluding hydrogens is 300 g/mol. The standard InChI is InChI=1S/C20H20N2O2/c21-11-17(20-8-12-5-13(9-20)7-14(6-12)10-20)22-18(23)15-3-1-2-4-16(15)19(22)24/h1-4,12-14,17H,5-10H2. The Morgan fingerprint density at radius 1 is 0.958 bits per heavy atom. The lowest BCUT2D eigenvalue weighted by molar-refractivity contribution is -0.0769. The van der Waals surface area contributed by atoms with Crippen molar-refractivity contribution in [1.82, 2.24) is 4.90 Å². The second-order valence-corrected chi connectivity index (χ2v) is 8.34. The third kappa shape index (κ3) is 1.73. The monoisotopic (exact) mass is 320 g/mol. The Labute approximate surface area is 141 Å². The van der Waals surface area contributed by atoms with Crippen molar-refractivity contribution in [3.63, 3.8) is 0 Å². The van der Waals surface area contributed by atoms with E-state index in [2.05, 4.69) is 6.07 Å². The predicted molar refractivity (Wildman–Crippen MR) is 86.9 cm³/mol. The van der Waals surface area contributed by atoms with Crippen LogP contribution in [0.2, 0.25) is 0 Å². The van der Waals surface area contributed by atoms with Crippen LogP contribution in [0.25, 0.3) is 0 Å². The molecule has 1 heterocycles. The van der Waals surface area contributed by atoms with E-state index in [0.717, 1.165) is 19.3 Å². The van der Waals surface area contributed by atoms with E-state index in [4.69, 9.17) is 0 Å². The maximum atomic E-state index is 12.9. The number of hydrogen-bond acceptors (Lipinski definition) is 3. The van der Waals surface area contributed by atoms with Gasteiger partial charge >= 0.3 is 0 Å². The first-order valence-corrected chi connectivity index (χ1v) is 8.98. The maximum absolute atomic E-state index is 12.9. The maximum Gasteiger partial charge on any atom is 0.262 e. The van der Waals surface area contributed by atoms with Crippen LogP contribution in [-0.2, 0) is 0 Å². The Bertz CT molecular complexity index is 721. The molecular formula is C20H20N2O2. The van der Waals surface area contributed by atoms with E-state index in [-0.39, 0.29) is 17.2 Å². The largest absolute Gasteiger partial charge is 0.269 e. The van der Waals surface area contributed by atoms with Gasteiger partial charge in [-0.1, -0.05) is 12.1 Å². The molecule has 4 fully saturated rings. The molecule has 1 aromatic carbocycles. The lowest BCUT2D eigenvalue weighted by Crippen LogP contribution is -2.57. The number of amides is 2. The van der Waals surface area contributed by atoms with Crippen LogP contribution in [0.4, 0.5) is 0 Å². The van der Waals surface area contributed by atoms with Crippen LogP contribution in [-0.4, -0.2) is 22.8 Å². The number of carbonyl (C=O) groups excluding carboxylic acids is 2. The van der Waals surface area contributed by atoms with Gasteiger partial charge in [0.2, 0.25) is 0 Å². The molecule has 0 spiro atoms. The third-order valence-corrected chi connectivity index (χ3v) is 6.87. The first-order valence-electron chi connectivity index (χ1n) is 8.98. The predicted octanol–water partition coefficient (Wildman–Crippen LogP) is 3.39. The van der Waals surface area contributed by atoms with Crippen LogP contribution in [0.5, 0.6) is 0 Å². The van der Waals surface area contributed by atoms with Crippen molar-refractivity contribution < 1.29 is 9.59 Å². The van der Waals surface area contributed by atoms with Crippen molar-refractivity contribution in [3.8, 4) is 6.07 Å². The summed E-state index contributed by atoms with van der Waals surface area (Å²) >= 11 is 0. The third-order valence-electron chi connectivity index (χ3n) is 6.87. The molecule has 1 atom stereocenters. The first-order chi connectivity index (χ1) is 11.6. The zero-order valence-electron chi connectivity index (χ0n) is 13.6. The van der Waals surface area contributed by atoms with Crippen LogP contribution < -0.4 is 0 Å². The highest BCUT2D eigenvalue weighted by atomic mass is 16.2. The smallest absolute Gasteiger partial charge is 0.262 e. The Morgan fingerprint density at radius 2 is 1.42 bits per heavy atom. The van der Waals surface area contributed by atoms with Crippen LogP contribution in [0.1, 0.15) is 59.2 Å². The molecule has 4 aliphatic carbocycles. The zero-order chi connectivity index (χ0) is 16.5.